The van der Waals surface area contributed by atoms with Crippen LogP contribution in [-0.2, 0) is 11.3 Å². The van der Waals surface area contributed by atoms with Crippen molar-refractivity contribution in [2.45, 2.75) is 39.2 Å². The molecule has 0 aliphatic rings. The molecule has 0 unspecified atom stereocenters. The van der Waals surface area contributed by atoms with Crippen LogP contribution in [0.15, 0.2) is 24.3 Å². The second-order valence-corrected chi connectivity index (χ2v) is 5.13. The lowest BCUT2D eigenvalue weighted by Crippen LogP contribution is -2.27. The van der Waals surface area contributed by atoms with Crippen molar-refractivity contribution in [2.24, 2.45) is 0 Å². The molecule has 0 radical (unpaired) electrons. The van der Waals surface area contributed by atoms with Gasteiger partial charge in [-0.05, 0) is 30.7 Å². The molecule has 0 spiro atoms. The molecule has 0 saturated heterocycles. The van der Waals surface area contributed by atoms with Gasteiger partial charge in [-0.15, -0.1) is 0 Å². The quantitative estimate of drug-likeness (QED) is 0.649. The van der Waals surface area contributed by atoms with Gasteiger partial charge in [0.25, 0.3) is 0 Å². The van der Waals surface area contributed by atoms with Crippen LogP contribution in [0.2, 0.25) is 0 Å². The molecule has 0 heterocycles. The highest BCUT2D eigenvalue weighted by molar-refractivity contribution is 5.87. The molecule has 0 bridgehead atoms. The van der Waals surface area contributed by atoms with Crippen molar-refractivity contribution in [1.29, 1.82) is 0 Å². The van der Waals surface area contributed by atoms with Crippen LogP contribution in [0.5, 0.6) is 0 Å². The van der Waals surface area contributed by atoms with E-state index in [0.29, 0.717) is 13.1 Å². The maximum absolute atomic E-state index is 10.8. The zero-order valence-electron chi connectivity index (χ0n) is 12.4. The van der Waals surface area contributed by atoms with Crippen LogP contribution in [0.1, 0.15) is 48.5 Å². The van der Waals surface area contributed by atoms with E-state index in [1.165, 1.54) is 0 Å². The first kappa shape index (κ1) is 17.2. The van der Waals surface area contributed by atoms with Gasteiger partial charge in [0.15, 0.2) is 0 Å². The minimum atomic E-state index is -0.938. The fourth-order valence-corrected chi connectivity index (χ4v) is 2.12. The van der Waals surface area contributed by atoms with E-state index in [1.54, 1.807) is 24.3 Å². The minimum absolute atomic E-state index is 0.124. The summed E-state index contributed by atoms with van der Waals surface area (Å²) in [5, 5.41) is 17.7. The Morgan fingerprint density at radius 1 is 1.05 bits per heavy atom. The number of hydrogen-bond donors (Lipinski definition) is 2. The molecular formula is C16H23NO4. The molecule has 0 aliphatic heterocycles. The van der Waals surface area contributed by atoms with Gasteiger partial charge in [0.1, 0.15) is 0 Å². The second-order valence-electron chi connectivity index (χ2n) is 5.13. The lowest BCUT2D eigenvalue weighted by atomic mass is 10.1. The predicted molar refractivity (Wildman–Crippen MR) is 80.5 cm³/mol. The van der Waals surface area contributed by atoms with Gasteiger partial charge in [-0.1, -0.05) is 31.9 Å². The standard InChI is InChI=1S/C16H23NO4/c1-2-3-4-10-17(11-9-15(18)19)12-13-5-7-14(8-6-13)16(20)21/h5-8H,2-4,9-12H2,1H3,(H,18,19)(H,20,21). The summed E-state index contributed by atoms with van der Waals surface area (Å²) in [4.78, 5) is 23.6. The molecule has 5 heteroatoms. The molecule has 2 N–H and O–H groups in total. The van der Waals surface area contributed by atoms with Crippen LogP contribution < -0.4 is 0 Å². The summed E-state index contributed by atoms with van der Waals surface area (Å²) in [6.45, 7) is 4.16. The van der Waals surface area contributed by atoms with E-state index >= 15 is 0 Å². The Bertz CT molecular complexity index is 456. The van der Waals surface area contributed by atoms with E-state index < -0.39 is 11.9 Å². The average Bonchev–Trinajstić information content (AvgIpc) is 2.45. The number of carboxylic acid groups (broad SMARTS) is 2. The van der Waals surface area contributed by atoms with Gasteiger partial charge in [0.2, 0.25) is 0 Å². The van der Waals surface area contributed by atoms with E-state index in [2.05, 4.69) is 11.8 Å². The summed E-state index contributed by atoms with van der Waals surface area (Å²) in [7, 11) is 0. The number of aliphatic carboxylic acids is 1. The smallest absolute Gasteiger partial charge is 0.335 e. The van der Waals surface area contributed by atoms with Crippen molar-refractivity contribution in [3.63, 3.8) is 0 Å². The Hall–Kier alpha value is -1.88. The molecule has 0 fully saturated rings. The first-order valence-electron chi connectivity index (χ1n) is 7.29. The van der Waals surface area contributed by atoms with Crippen LogP contribution in [0.4, 0.5) is 0 Å². The maximum Gasteiger partial charge on any atom is 0.335 e. The van der Waals surface area contributed by atoms with Crippen molar-refractivity contribution in [1.82, 2.24) is 4.90 Å². The van der Waals surface area contributed by atoms with E-state index in [-0.39, 0.29) is 12.0 Å². The zero-order valence-corrected chi connectivity index (χ0v) is 12.4. The van der Waals surface area contributed by atoms with Crippen LogP contribution >= 0.6 is 0 Å². The van der Waals surface area contributed by atoms with Crippen molar-refractivity contribution >= 4 is 11.9 Å². The molecule has 0 aromatic heterocycles. The van der Waals surface area contributed by atoms with Gasteiger partial charge in [-0.3, -0.25) is 9.69 Å². The molecule has 1 aromatic rings. The lowest BCUT2D eigenvalue weighted by Gasteiger charge is -2.21. The number of carbonyl (C=O) groups is 2. The molecule has 116 valence electrons. The Morgan fingerprint density at radius 2 is 1.71 bits per heavy atom. The van der Waals surface area contributed by atoms with Gasteiger partial charge in [-0.2, -0.15) is 0 Å². The summed E-state index contributed by atoms with van der Waals surface area (Å²) in [6.07, 6.45) is 3.42. The number of unbranched alkanes of at least 4 members (excludes halogenated alkanes) is 2. The van der Waals surface area contributed by atoms with Crippen LogP contribution in [-0.4, -0.2) is 40.1 Å². The highest BCUT2D eigenvalue weighted by Crippen LogP contribution is 2.10. The summed E-state index contributed by atoms with van der Waals surface area (Å²) in [5.74, 6) is -1.73. The summed E-state index contributed by atoms with van der Waals surface area (Å²) < 4.78 is 0. The number of rotatable bonds is 10. The lowest BCUT2D eigenvalue weighted by molar-refractivity contribution is -0.137. The zero-order chi connectivity index (χ0) is 15.7. The number of carboxylic acids is 2. The monoisotopic (exact) mass is 293 g/mol. The first-order chi connectivity index (χ1) is 10.0. The van der Waals surface area contributed by atoms with Gasteiger partial charge in [-0.25, -0.2) is 4.79 Å². The fourth-order valence-electron chi connectivity index (χ4n) is 2.12. The summed E-state index contributed by atoms with van der Waals surface area (Å²) in [6, 6.07) is 6.74. The molecular weight excluding hydrogens is 270 g/mol. The van der Waals surface area contributed by atoms with Crippen molar-refractivity contribution in [3.05, 3.63) is 35.4 Å². The minimum Gasteiger partial charge on any atom is -0.481 e. The van der Waals surface area contributed by atoms with Crippen LogP contribution in [0.25, 0.3) is 0 Å². The van der Waals surface area contributed by atoms with Crippen LogP contribution in [0.3, 0.4) is 0 Å². The van der Waals surface area contributed by atoms with Crippen molar-refractivity contribution in [2.75, 3.05) is 13.1 Å². The number of benzene rings is 1. The molecule has 0 atom stereocenters. The predicted octanol–water partition coefficient (Wildman–Crippen LogP) is 2.85. The van der Waals surface area contributed by atoms with Gasteiger partial charge >= 0.3 is 11.9 Å². The third kappa shape index (κ3) is 6.90. The van der Waals surface area contributed by atoms with E-state index in [0.717, 1.165) is 31.4 Å². The van der Waals surface area contributed by atoms with E-state index in [4.69, 9.17) is 10.2 Å². The van der Waals surface area contributed by atoms with Crippen molar-refractivity contribution in [3.8, 4) is 0 Å². The Labute approximate surface area is 125 Å². The highest BCUT2D eigenvalue weighted by atomic mass is 16.4. The SMILES string of the molecule is CCCCCN(CCC(=O)O)Cc1ccc(C(=O)O)cc1. The van der Waals surface area contributed by atoms with Gasteiger partial charge in [0.05, 0.1) is 12.0 Å². The number of aromatic carboxylic acids is 1. The topological polar surface area (TPSA) is 77.8 Å². The highest BCUT2D eigenvalue weighted by Gasteiger charge is 2.09. The number of hydrogen-bond acceptors (Lipinski definition) is 3. The van der Waals surface area contributed by atoms with Gasteiger partial charge < -0.3 is 10.2 Å². The Kier molecular flexibility index (Phi) is 7.46. The van der Waals surface area contributed by atoms with Crippen molar-refractivity contribution < 1.29 is 19.8 Å². The van der Waals surface area contributed by atoms with Crippen LogP contribution in [0, 0.1) is 0 Å². The summed E-state index contributed by atoms with van der Waals surface area (Å²) in [5.41, 5.74) is 1.27. The molecule has 0 amide bonds. The third-order valence-corrected chi connectivity index (χ3v) is 3.33. The first-order valence-corrected chi connectivity index (χ1v) is 7.29. The molecule has 0 saturated carbocycles. The van der Waals surface area contributed by atoms with E-state index in [9.17, 15) is 9.59 Å². The Morgan fingerprint density at radius 3 is 2.24 bits per heavy atom. The molecule has 1 aromatic carbocycles. The Balaban J connectivity index is 2.60. The molecule has 21 heavy (non-hydrogen) atoms. The third-order valence-electron chi connectivity index (χ3n) is 3.33. The fraction of sp³-hybridized carbons (Fsp3) is 0.500. The maximum atomic E-state index is 10.8. The molecule has 1 rings (SSSR count). The normalized spacial score (nSPS) is 10.8. The average molecular weight is 293 g/mol. The van der Waals surface area contributed by atoms with Gasteiger partial charge in [0, 0.05) is 13.1 Å². The molecule has 5 nitrogen and oxygen atoms in total. The van der Waals surface area contributed by atoms with E-state index in [1.807, 2.05) is 0 Å². The molecule has 0 aliphatic carbocycles. The second kappa shape index (κ2) is 9.13. The number of nitrogens with zero attached hydrogens (tertiary/aromatic N) is 1. The summed E-state index contributed by atoms with van der Waals surface area (Å²) >= 11 is 0. The largest absolute Gasteiger partial charge is 0.481 e.